The van der Waals surface area contributed by atoms with Crippen LogP contribution in [0.25, 0.3) is 32.9 Å². The minimum absolute atomic E-state index is 0.650. The first-order valence-electron chi connectivity index (χ1n) is 9.06. The molecular weight excluding hydrogens is 336 g/mol. The first-order valence-corrected chi connectivity index (χ1v) is 9.06. The van der Waals surface area contributed by atoms with Crippen LogP contribution in [0, 0.1) is 0 Å². The number of hydrogen-bond acceptors (Lipinski definition) is 5. The van der Waals surface area contributed by atoms with Crippen molar-refractivity contribution >= 4 is 27.5 Å². The predicted molar refractivity (Wildman–Crippen MR) is 111 cm³/mol. The van der Waals surface area contributed by atoms with E-state index in [1.807, 2.05) is 36.5 Å². The van der Waals surface area contributed by atoms with E-state index in [0.717, 1.165) is 57.5 Å². The molecule has 0 aliphatic rings. The number of nitrogens with two attached hydrogens (primary N) is 1. The summed E-state index contributed by atoms with van der Waals surface area (Å²) in [5.74, 6) is 1.70. The van der Waals surface area contributed by atoms with Gasteiger partial charge in [0.2, 0.25) is 0 Å². The number of nitrogens with zero attached hydrogens (tertiary/aromatic N) is 2. The van der Waals surface area contributed by atoms with Gasteiger partial charge in [0, 0.05) is 23.7 Å². The average molecular weight is 358 g/mol. The van der Waals surface area contributed by atoms with E-state index in [1.54, 1.807) is 7.11 Å². The molecule has 2 heterocycles. The predicted octanol–water partition coefficient (Wildman–Crippen LogP) is 4.22. The number of benzene rings is 2. The summed E-state index contributed by atoms with van der Waals surface area (Å²) in [6.07, 6.45) is 2.70. The molecule has 2 aromatic carbocycles. The van der Waals surface area contributed by atoms with Crippen LogP contribution in [0.5, 0.6) is 5.75 Å². The molecule has 4 aromatic rings. The van der Waals surface area contributed by atoms with Crippen molar-refractivity contribution in [3.8, 4) is 17.0 Å². The second-order valence-corrected chi connectivity index (χ2v) is 6.42. The number of hydrogen-bond donors (Lipinski definition) is 2. The van der Waals surface area contributed by atoms with Crippen molar-refractivity contribution in [2.45, 2.75) is 6.42 Å². The van der Waals surface area contributed by atoms with Gasteiger partial charge in [-0.05, 0) is 60.1 Å². The molecule has 5 heteroatoms. The van der Waals surface area contributed by atoms with E-state index in [-0.39, 0.29) is 0 Å². The van der Waals surface area contributed by atoms with Crippen LogP contribution in [0.2, 0.25) is 0 Å². The smallest absolute Gasteiger partial charge is 0.136 e. The molecule has 2 aromatic heterocycles. The Morgan fingerprint density at radius 3 is 2.74 bits per heavy atom. The highest BCUT2D eigenvalue weighted by atomic mass is 16.5. The molecule has 0 amide bonds. The summed E-state index contributed by atoms with van der Waals surface area (Å²) in [5, 5.41) is 6.71. The van der Waals surface area contributed by atoms with Crippen molar-refractivity contribution in [1.29, 1.82) is 0 Å². The van der Waals surface area contributed by atoms with Crippen LogP contribution in [-0.4, -0.2) is 30.2 Å². The van der Waals surface area contributed by atoms with Crippen molar-refractivity contribution in [2.24, 2.45) is 5.73 Å². The Morgan fingerprint density at radius 1 is 1.04 bits per heavy atom. The molecule has 5 nitrogen and oxygen atoms in total. The van der Waals surface area contributed by atoms with Gasteiger partial charge in [0.1, 0.15) is 11.6 Å². The zero-order chi connectivity index (χ0) is 18.6. The molecule has 0 saturated heterocycles. The maximum atomic E-state index is 5.62. The molecule has 27 heavy (non-hydrogen) atoms. The van der Waals surface area contributed by atoms with Crippen molar-refractivity contribution in [3.63, 3.8) is 0 Å². The topological polar surface area (TPSA) is 73.1 Å². The van der Waals surface area contributed by atoms with Crippen molar-refractivity contribution < 1.29 is 4.74 Å². The van der Waals surface area contributed by atoms with Crippen LogP contribution in [-0.2, 0) is 0 Å². The molecule has 0 saturated carbocycles. The molecule has 0 aliphatic heterocycles. The minimum Gasteiger partial charge on any atom is -0.497 e. The van der Waals surface area contributed by atoms with Gasteiger partial charge in [-0.2, -0.15) is 0 Å². The Balaban J connectivity index is 1.79. The Morgan fingerprint density at radius 2 is 1.89 bits per heavy atom. The zero-order valence-corrected chi connectivity index (χ0v) is 15.3. The third-order valence-corrected chi connectivity index (χ3v) is 4.62. The second-order valence-electron chi connectivity index (χ2n) is 6.42. The van der Waals surface area contributed by atoms with Crippen LogP contribution in [0.15, 0.2) is 60.8 Å². The molecule has 3 N–H and O–H groups in total. The summed E-state index contributed by atoms with van der Waals surface area (Å²) in [7, 11) is 1.68. The first-order chi connectivity index (χ1) is 13.3. The SMILES string of the molecule is COc1ccc2cc(-c3cc4ncccc4c(NCCCN)n3)ccc2c1. The highest BCUT2D eigenvalue weighted by molar-refractivity contribution is 5.93. The Labute approximate surface area is 158 Å². The number of rotatable bonds is 6. The Hall–Kier alpha value is -3.18. The molecule has 0 spiro atoms. The fourth-order valence-electron chi connectivity index (χ4n) is 3.18. The van der Waals surface area contributed by atoms with E-state index in [1.165, 1.54) is 0 Å². The summed E-state index contributed by atoms with van der Waals surface area (Å²) in [6, 6.07) is 18.4. The first kappa shape index (κ1) is 17.2. The number of nitrogens with one attached hydrogen (secondary N) is 1. The molecule has 0 fully saturated rings. The summed E-state index contributed by atoms with van der Waals surface area (Å²) in [5.41, 5.74) is 8.50. The number of aromatic nitrogens is 2. The van der Waals surface area contributed by atoms with Gasteiger partial charge in [-0.15, -0.1) is 0 Å². The standard InChI is InChI=1S/C22H22N4O/c1-27-18-8-7-15-12-17(6-5-16(15)13-18)20-14-21-19(4-2-10-24-21)22(26-20)25-11-3-9-23/h2,4-8,10,12-14H,3,9,11,23H2,1H3,(H,25,26). The number of fused-ring (bicyclic) bond motifs is 2. The number of methoxy groups -OCH3 is 1. The van der Waals surface area contributed by atoms with Crippen LogP contribution >= 0.6 is 0 Å². The van der Waals surface area contributed by atoms with Crippen LogP contribution in [0.3, 0.4) is 0 Å². The van der Waals surface area contributed by atoms with Gasteiger partial charge in [0.05, 0.1) is 18.3 Å². The molecule has 0 atom stereocenters. The van der Waals surface area contributed by atoms with Crippen LogP contribution < -0.4 is 15.8 Å². The van der Waals surface area contributed by atoms with Gasteiger partial charge in [0.25, 0.3) is 0 Å². The van der Waals surface area contributed by atoms with E-state index in [9.17, 15) is 0 Å². The summed E-state index contributed by atoms with van der Waals surface area (Å²) in [6.45, 7) is 1.44. The van der Waals surface area contributed by atoms with Gasteiger partial charge in [-0.25, -0.2) is 4.98 Å². The third-order valence-electron chi connectivity index (χ3n) is 4.62. The normalized spacial score (nSPS) is 11.0. The molecule has 0 unspecified atom stereocenters. The highest BCUT2D eigenvalue weighted by Crippen LogP contribution is 2.30. The number of anilines is 1. The van der Waals surface area contributed by atoms with E-state index in [4.69, 9.17) is 15.5 Å². The summed E-state index contributed by atoms with van der Waals surface area (Å²) in [4.78, 5) is 9.39. The summed E-state index contributed by atoms with van der Waals surface area (Å²) < 4.78 is 5.31. The van der Waals surface area contributed by atoms with E-state index in [2.05, 4.69) is 34.6 Å². The Kier molecular flexibility index (Phi) is 4.85. The number of pyridine rings is 2. The minimum atomic E-state index is 0.650. The van der Waals surface area contributed by atoms with Crippen molar-refractivity contribution in [2.75, 3.05) is 25.5 Å². The molecule has 0 bridgehead atoms. The Bertz CT molecular complexity index is 1090. The molecular formula is C22H22N4O. The van der Waals surface area contributed by atoms with Crippen molar-refractivity contribution in [1.82, 2.24) is 9.97 Å². The quantitative estimate of drug-likeness (QED) is 0.505. The van der Waals surface area contributed by atoms with E-state index in [0.29, 0.717) is 6.54 Å². The number of ether oxygens (including phenoxy) is 1. The lowest BCUT2D eigenvalue weighted by Gasteiger charge is -2.11. The van der Waals surface area contributed by atoms with Gasteiger partial charge >= 0.3 is 0 Å². The molecule has 0 radical (unpaired) electrons. The maximum Gasteiger partial charge on any atom is 0.136 e. The fourth-order valence-corrected chi connectivity index (χ4v) is 3.18. The van der Waals surface area contributed by atoms with E-state index >= 15 is 0 Å². The average Bonchev–Trinajstić information content (AvgIpc) is 2.73. The molecule has 136 valence electrons. The lowest BCUT2D eigenvalue weighted by Crippen LogP contribution is -2.10. The second kappa shape index (κ2) is 7.60. The molecule has 0 aliphatic carbocycles. The van der Waals surface area contributed by atoms with Gasteiger partial charge in [0.15, 0.2) is 0 Å². The van der Waals surface area contributed by atoms with Gasteiger partial charge < -0.3 is 15.8 Å². The van der Waals surface area contributed by atoms with Crippen LogP contribution in [0.1, 0.15) is 6.42 Å². The fraction of sp³-hybridized carbons (Fsp3) is 0.182. The lowest BCUT2D eigenvalue weighted by molar-refractivity contribution is 0.415. The highest BCUT2D eigenvalue weighted by Gasteiger charge is 2.09. The monoisotopic (exact) mass is 358 g/mol. The summed E-state index contributed by atoms with van der Waals surface area (Å²) >= 11 is 0. The maximum absolute atomic E-state index is 5.62. The lowest BCUT2D eigenvalue weighted by atomic mass is 10.0. The van der Waals surface area contributed by atoms with Gasteiger partial charge in [-0.1, -0.05) is 18.2 Å². The zero-order valence-electron chi connectivity index (χ0n) is 15.3. The molecule has 4 rings (SSSR count). The van der Waals surface area contributed by atoms with Crippen LogP contribution in [0.4, 0.5) is 5.82 Å². The van der Waals surface area contributed by atoms with E-state index < -0.39 is 0 Å². The third kappa shape index (κ3) is 3.55. The largest absolute Gasteiger partial charge is 0.497 e. The van der Waals surface area contributed by atoms with Crippen molar-refractivity contribution in [3.05, 3.63) is 60.8 Å². The van der Waals surface area contributed by atoms with Gasteiger partial charge in [-0.3, -0.25) is 4.98 Å².